The standard InChI is InChI=1S/C11H9N3O2S/c15-11(16)6-13-2-3-14-10(13)5-9(12-14)8-1-4-17-7-8/h1-5,7H,6H2,(H,15,16). The fraction of sp³-hybridized carbons (Fsp3) is 0.0909. The molecule has 5 nitrogen and oxygen atoms in total. The van der Waals surface area contributed by atoms with Crippen molar-refractivity contribution in [1.29, 1.82) is 0 Å². The molecule has 0 amide bonds. The maximum absolute atomic E-state index is 10.7. The second-order valence-electron chi connectivity index (χ2n) is 3.66. The van der Waals surface area contributed by atoms with Crippen LogP contribution in [0.4, 0.5) is 0 Å². The van der Waals surface area contributed by atoms with Gasteiger partial charge in [0.2, 0.25) is 0 Å². The van der Waals surface area contributed by atoms with Crippen molar-refractivity contribution in [2.45, 2.75) is 6.54 Å². The van der Waals surface area contributed by atoms with E-state index in [1.54, 1.807) is 32.8 Å². The van der Waals surface area contributed by atoms with Crippen molar-refractivity contribution >= 4 is 23.0 Å². The summed E-state index contributed by atoms with van der Waals surface area (Å²) in [5, 5.41) is 17.2. The molecule has 0 spiro atoms. The molecule has 3 aromatic heterocycles. The summed E-state index contributed by atoms with van der Waals surface area (Å²) >= 11 is 1.61. The summed E-state index contributed by atoms with van der Waals surface area (Å²) in [4.78, 5) is 10.7. The van der Waals surface area contributed by atoms with Gasteiger partial charge in [0.1, 0.15) is 12.2 Å². The molecule has 0 fully saturated rings. The number of thiophene rings is 1. The number of imidazole rings is 1. The number of rotatable bonds is 3. The van der Waals surface area contributed by atoms with Crippen LogP contribution in [0.3, 0.4) is 0 Å². The monoisotopic (exact) mass is 247 g/mol. The van der Waals surface area contributed by atoms with Gasteiger partial charge in [-0.05, 0) is 11.4 Å². The average molecular weight is 247 g/mol. The molecule has 0 aliphatic carbocycles. The molecule has 0 atom stereocenters. The van der Waals surface area contributed by atoms with Gasteiger partial charge in [0.05, 0.1) is 5.69 Å². The van der Waals surface area contributed by atoms with Gasteiger partial charge < -0.3 is 9.67 Å². The molecule has 0 radical (unpaired) electrons. The fourth-order valence-electron chi connectivity index (χ4n) is 1.76. The molecule has 0 saturated carbocycles. The SMILES string of the molecule is O=C(O)Cn1ccn2nc(-c3ccsc3)cc12. The van der Waals surface area contributed by atoms with Crippen molar-refractivity contribution in [2.75, 3.05) is 0 Å². The topological polar surface area (TPSA) is 59.5 Å². The molecule has 3 heterocycles. The van der Waals surface area contributed by atoms with Gasteiger partial charge in [0, 0.05) is 29.4 Å². The van der Waals surface area contributed by atoms with Crippen LogP contribution in [0.1, 0.15) is 0 Å². The summed E-state index contributed by atoms with van der Waals surface area (Å²) < 4.78 is 3.35. The number of nitrogens with zero attached hydrogens (tertiary/aromatic N) is 3. The molecule has 0 aliphatic heterocycles. The fourth-order valence-corrected chi connectivity index (χ4v) is 2.41. The zero-order valence-electron chi connectivity index (χ0n) is 8.78. The maximum Gasteiger partial charge on any atom is 0.323 e. The highest BCUT2D eigenvalue weighted by molar-refractivity contribution is 7.08. The molecule has 6 heteroatoms. The Labute approximate surface area is 101 Å². The molecule has 0 aliphatic rings. The summed E-state index contributed by atoms with van der Waals surface area (Å²) in [5.74, 6) is -0.860. The van der Waals surface area contributed by atoms with Crippen LogP contribution in [0.25, 0.3) is 16.9 Å². The van der Waals surface area contributed by atoms with Gasteiger partial charge >= 0.3 is 5.97 Å². The quantitative estimate of drug-likeness (QED) is 0.769. The molecule has 3 rings (SSSR count). The second-order valence-corrected chi connectivity index (χ2v) is 4.44. The predicted molar refractivity (Wildman–Crippen MR) is 64.1 cm³/mol. The van der Waals surface area contributed by atoms with Crippen molar-refractivity contribution in [3.63, 3.8) is 0 Å². The molecule has 86 valence electrons. The summed E-state index contributed by atoms with van der Waals surface area (Å²) in [6, 6.07) is 3.89. The Morgan fingerprint density at radius 2 is 2.35 bits per heavy atom. The lowest BCUT2D eigenvalue weighted by Crippen LogP contribution is -2.07. The zero-order chi connectivity index (χ0) is 11.8. The van der Waals surface area contributed by atoms with E-state index in [0.29, 0.717) is 0 Å². The Balaban J connectivity index is 2.08. The Morgan fingerprint density at radius 1 is 1.47 bits per heavy atom. The third-order valence-corrected chi connectivity index (χ3v) is 3.20. The highest BCUT2D eigenvalue weighted by Gasteiger charge is 2.09. The minimum Gasteiger partial charge on any atom is -0.480 e. The molecule has 0 unspecified atom stereocenters. The van der Waals surface area contributed by atoms with Gasteiger partial charge in [-0.25, -0.2) is 4.52 Å². The molecular formula is C11H9N3O2S. The zero-order valence-corrected chi connectivity index (χ0v) is 9.59. The summed E-state index contributed by atoms with van der Waals surface area (Å²) in [5.41, 5.74) is 2.70. The van der Waals surface area contributed by atoms with Crippen LogP contribution < -0.4 is 0 Å². The number of carbonyl (C=O) groups is 1. The van der Waals surface area contributed by atoms with E-state index >= 15 is 0 Å². The van der Waals surface area contributed by atoms with E-state index in [2.05, 4.69) is 5.10 Å². The van der Waals surface area contributed by atoms with E-state index in [4.69, 9.17) is 5.11 Å². The summed E-state index contributed by atoms with van der Waals surface area (Å²) in [6.07, 6.45) is 3.47. The first-order valence-corrected chi connectivity index (χ1v) is 5.97. The molecule has 0 saturated heterocycles. The average Bonchev–Trinajstić information content (AvgIpc) is 2.93. The number of hydrogen-bond acceptors (Lipinski definition) is 3. The highest BCUT2D eigenvalue weighted by atomic mass is 32.1. The smallest absolute Gasteiger partial charge is 0.323 e. The number of carboxylic acid groups (broad SMARTS) is 1. The van der Waals surface area contributed by atoms with Crippen LogP contribution in [0, 0.1) is 0 Å². The third-order valence-electron chi connectivity index (χ3n) is 2.52. The first-order valence-electron chi connectivity index (χ1n) is 5.03. The third kappa shape index (κ3) is 1.72. The minimum absolute atomic E-state index is 0.0503. The van der Waals surface area contributed by atoms with Gasteiger partial charge in [-0.3, -0.25) is 4.79 Å². The predicted octanol–water partition coefficient (Wildman–Crippen LogP) is 1.95. The van der Waals surface area contributed by atoms with Gasteiger partial charge in [-0.15, -0.1) is 0 Å². The van der Waals surface area contributed by atoms with Crippen molar-refractivity contribution in [3.05, 3.63) is 35.3 Å². The molecule has 0 bridgehead atoms. The molecule has 17 heavy (non-hydrogen) atoms. The molecule has 1 N–H and O–H groups in total. The van der Waals surface area contributed by atoms with E-state index in [0.717, 1.165) is 16.9 Å². The largest absolute Gasteiger partial charge is 0.480 e. The van der Waals surface area contributed by atoms with Gasteiger partial charge in [0.15, 0.2) is 0 Å². The molecule has 3 aromatic rings. The highest BCUT2D eigenvalue weighted by Crippen LogP contribution is 2.22. The molecular weight excluding hydrogens is 238 g/mol. The van der Waals surface area contributed by atoms with Crippen LogP contribution >= 0.6 is 11.3 Å². The van der Waals surface area contributed by atoms with E-state index < -0.39 is 5.97 Å². The number of carboxylic acids is 1. The van der Waals surface area contributed by atoms with E-state index in [-0.39, 0.29) is 6.54 Å². The van der Waals surface area contributed by atoms with E-state index in [1.807, 2.05) is 22.9 Å². The van der Waals surface area contributed by atoms with Crippen molar-refractivity contribution < 1.29 is 9.90 Å². The normalized spacial score (nSPS) is 11.1. The lowest BCUT2D eigenvalue weighted by molar-refractivity contribution is -0.137. The van der Waals surface area contributed by atoms with Gasteiger partial charge in [-0.1, -0.05) is 0 Å². The van der Waals surface area contributed by atoms with Crippen LogP contribution in [-0.4, -0.2) is 25.3 Å². The first kappa shape index (κ1) is 10.1. The van der Waals surface area contributed by atoms with E-state index in [9.17, 15) is 4.79 Å². The Morgan fingerprint density at radius 3 is 3.06 bits per heavy atom. The van der Waals surface area contributed by atoms with Crippen molar-refractivity contribution in [1.82, 2.24) is 14.2 Å². The van der Waals surface area contributed by atoms with Gasteiger partial charge in [0.25, 0.3) is 0 Å². The molecule has 0 aromatic carbocycles. The first-order chi connectivity index (χ1) is 8.24. The lowest BCUT2D eigenvalue weighted by atomic mass is 10.2. The van der Waals surface area contributed by atoms with Gasteiger partial charge in [-0.2, -0.15) is 16.4 Å². The maximum atomic E-state index is 10.7. The van der Waals surface area contributed by atoms with Crippen molar-refractivity contribution in [2.24, 2.45) is 0 Å². The number of fused-ring (bicyclic) bond motifs is 1. The minimum atomic E-state index is -0.860. The van der Waals surface area contributed by atoms with Crippen LogP contribution in [0.5, 0.6) is 0 Å². The number of hydrogen-bond donors (Lipinski definition) is 1. The van der Waals surface area contributed by atoms with Crippen molar-refractivity contribution in [3.8, 4) is 11.3 Å². The van der Waals surface area contributed by atoms with Crippen LogP contribution in [0.15, 0.2) is 35.3 Å². The number of aromatic nitrogens is 3. The Kier molecular flexibility index (Phi) is 2.22. The number of aliphatic carboxylic acids is 1. The Hall–Kier alpha value is -2.08. The lowest BCUT2D eigenvalue weighted by Gasteiger charge is -1.96. The van der Waals surface area contributed by atoms with E-state index in [1.165, 1.54) is 0 Å². The second kappa shape index (κ2) is 3.74. The summed E-state index contributed by atoms with van der Waals surface area (Å²) in [6.45, 7) is -0.0503. The summed E-state index contributed by atoms with van der Waals surface area (Å²) in [7, 11) is 0. The van der Waals surface area contributed by atoms with Crippen LogP contribution in [0.2, 0.25) is 0 Å². The van der Waals surface area contributed by atoms with Crippen LogP contribution in [-0.2, 0) is 11.3 Å². The Bertz CT molecular complexity index is 666.